The van der Waals surface area contributed by atoms with Crippen LogP contribution in [0.2, 0.25) is 0 Å². The second-order valence-electron chi connectivity index (χ2n) is 5.27. The Bertz CT molecular complexity index is 1060. The Labute approximate surface area is 147 Å². The summed E-state index contributed by atoms with van der Waals surface area (Å²) in [5.41, 5.74) is -1.50. The molecule has 2 heterocycles. The lowest BCUT2D eigenvalue weighted by molar-refractivity contribution is 0.101. The number of hydrogen-bond acceptors (Lipinski definition) is 6. The number of benzene rings is 1. The normalized spacial score (nSPS) is 10.4. The van der Waals surface area contributed by atoms with Crippen LogP contribution in [0.4, 0.5) is 5.82 Å². The van der Waals surface area contributed by atoms with E-state index >= 15 is 0 Å². The SMILES string of the molecule is COc1ccc(-n2nc(C(=O)Nc3ccccn3)c(=O)n(C)c2=O)cc1. The molecule has 0 bridgehead atoms. The van der Waals surface area contributed by atoms with E-state index in [1.165, 1.54) is 20.4 Å². The van der Waals surface area contributed by atoms with Crippen molar-refractivity contribution in [2.75, 3.05) is 12.4 Å². The molecule has 1 N–H and O–H groups in total. The van der Waals surface area contributed by atoms with Crippen molar-refractivity contribution in [3.8, 4) is 11.4 Å². The van der Waals surface area contributed by atoms with Gasteiger partial charge < -0.3 is 10.1 Å². The largest absolute Gasteiger partial charge is 0.497 e. The third-order valence-electron chi connectivity index (χ3n) is 3.61. The molecule has 1 amide bonds. The smallest absolute Gasteiger partial charge is 0.351 e. The van der Waals surface area contributed by atoms with E-state index in [0.29, 0.717) is 11.4 Å². The minimum absolute atomic E-state index is 0.267. The van der Waals surface area contributed by atoms with Gasteiger partial charge in [0.2, 0.25) is 5.69 Å². The van der Waals surface area contributed by atoms with Crippen LogP contribution in [-0.2, 0) is 7.05 Å². The van der Waals surface area contributed by atoms with E-state index in [1.807, 2.05) is 0 Å². The highest BCUT2D eigenvalue weighted by Crippen LogP contribution is 2.12. The fraction of sp³-hybridized carbons (Fsp3) is 0.118. The third-order valence-corrected chi connectivity index (χ3v) is 3.61. The third kappa shape index (κ3) is 3.22. The van der Waals surface area contributed by atoms with Gasteiger partial charge in [-0.25, -0.2) is 9.78 Å². The van der Waals surface area contributed by atoms with E-state index in [2.05, 4.69) is 15.4 Å². The highest BCUT2D eigenvalue weighted by molar-refractivity contribution is 6.01. The van der Waals surface area contributed by atoms with Crippen LogP contribution in [0.3, 0.4) is 0 Å². The molecule has 3 aromatic rings. The number of carbonyl (C=O) groups excluding carboxylic acids is 1. The molecule has 0 aliphatic heterocycles. The summed E-state index contributed by atoms with van der Waals surface area (Å²) in [6.07, 6.45) is 1.50. The molecule has 3 rings (SSSR count). The van der Waals surface area contributed by atoms with Crippen molar-refractivity contribution in [1.29, 1.82) is 0 Å². The number of carbonyl (C=O) groups is 1. The number of aromatic nitrogens is 4. The Morgan fingerprint density at radius 2 is 1.85 bits per heavy atom. The Morgan fingerprint density at radius 3 is 2.46 bits per heavy atom. The van der Waals surface area contributed by atoms with Gasteiger partial charge in [0.25, 0.3) is 11.5 Å². The predicted octanol–water partition coefficient (Wildman–Crippen LogP) is 0.587. The number of rotatable bonds is 4. The van der Waals surface area contributed by atoms with E-state index in [1.54, 1.807) is 42.5 Å². The van der Waals surface area contributed by atoms with Crippen LogP contribution in [0.5, 0.6) is 5.75 Å². The highest BCUT2D eigenvalue weighted by atomic mass is 16.5. The Hall–Kier alpha value is -3.75. The maximum absolute atomic E-state index is 12.4. The average molecular weight is 353 g/mol. The van der Waals surface area contributed by atoms with E-state index in [4.69, 9.17) is 4.74 Å². The van der Waals surface area contributed by atoms with Gasteiger partial charge in [-0.2, -0.15) is 9.78 Å². The molecular weight excluding hydrogens is 338 g/mol. The molecule has 0 spiro atoms. The van der Waals surface area contributed by atoms with Crippen LogP contribution in [0.1, 0.15) is 10.5 Å². The zero-order valence-electron chi connectivity index (χ0n) is 14.0. The fourth-order valence-corrected chi connectivity index (χ4v) is 2.22. The molecule has 0 fully saturated rings. The molecule has 0 unspecified atom stereocenters. The van der Waals surface area contributed by atoms with Crippen molar-refractivity contribution in [3.05, 3.63) is 75.2 Å². The molecule has 9 heteroatoms. The van der Waals surface area contributed by atoms with Crippen LogP contribution in [0, 0.1) is 0 Å². The van der Waals surface area contributed by atoms with Gasteiger partial charge in [0.05, 0.1) is 12.8 Å². The van der Waals surface area contributed by atoms with E-state index in [-0.39, 0.29) is 5.82 Å². The molecule has 132 valence electrons. The topological polar surface area (TPSA) is 108 Å². The van der Waals surface area contributed by atoms with Crippen molar-refractivity contribution < 1.29 is 9.53 Å². The van der Waals surface area contributed by atoms with Crippen LogP contribution < -0.4 is 21.3 Å². The summed E-state index contributed by atoms with van der Waals surface area (Å²) in [5.74, 6) is 0.106. The average Bonchev–Trinajstić information content (AvgIpc) is 2.67. The number of ether oxygens (including phenoxy) is 1. The van der Waals surface area contributed by atoms with Gasteiger partial charge in [-0.3, -0.25) is 14.2 Å². The molecular formula is C17H15N5O4. The minimum Gasteiger partial charge on any atom is -0.497 e. The van der Waals surface area contributed by atoms with E-state index < -0.39 is 22.9 Å². The monoisotopic (exact) mass is 353 g/mol. The van der Waals surface area contributed by atoms with Crippen molar-refractivity contribution in [3.63, 3.8) is 0 Å². The van der Waals surface area contributed by atoms with E-state index in [0.717, 1.165) is 9.25 Å². The van der Waals surface area contributed by atoms with Crippen molar-refractivity contribution in [1.82, 2.24) is 19.3 Å². The number of hydrogen-bond donors (Lipinski definition) is 1. The number of amides is 1. The molecule has 2 aromatic heterocycles. The number of nitrogens with one attached hydrogen (secondary N) is 1. The van der Waals surface area contributed by atoms with Gasteiger partial charge in [-0.05, 0) is 36.4 Å². The molecule has 0 radical (unpaired) electrons. The lowest BCUT2D eigenvalue weighted by Crippen LogP contribution is -2.43. The first-order valence-electron chi connectivity index (χ1n) is 7.58. The summed E-state index contributed by atoms with van der Waals surface area (Å²) in [7, 11) is 2.80. The zero-order valence-corrected chi connectivity index (χ0v) is 14.0. The highest BCUT2D eigenvalue weighted by Gasteiger charge is 2.19. The summed E-state index contributed by atoms with van der Waals surface area (Å²) in [5, 5.41) is 6.43. The van der Waals surface area contributed by atoms with Gasteiger partial charge in [0.1, 0.15) is 11.6 Å². The minimum atomic E-state index is -0.798. The summed E-state index contributed by atoms with van der Waals surface area (Å²) in [6.45, 7) is 0. The van der Waals surface area contributed by atoms with Gasteiger partial charge in [-0.15, -0.1) is 0 Å². The first kappa shape index (κ1) is 17.1. The van der Waals surface area contributed by atoms with E-state index in [9.17, 15) is 14.4 Å². The summed E-state index contributed by atoms with van der Waals surface area (Å²) in [4.78, 5) is 41.0. The predicted molar refractivity (Wildman–Crippen MR) is 93.8 cm³/mol. The molecule has 0 atom stereocenters. The second kappa shape index (κ2) is 7.01. The van der Waals surface area contributed by atoms with Gasteiger partial charge in [0, 0.05) is 13.2 Å². The number of pyridine rings is 1. The Balaban J connectivity index is 2.06. The summed E-state index contributed by atoms with van der Waals surface area (Å²) < 4.78 is 6.88. The summed E-state index contributed by atoms with van der Waals surface area (Å²) >= 11 is 0. The quantitative estimate of drug-likeness (QED) is 0.735. The maximum Gasteiger partial charge on any atom is 0.351 e. The Morgan fingerprint density at radius 1 is 1.12 bits per heavy atom. The van der Waals surface area contributed by atoms with Crippen molar-refractivity contribution in [2.24, 2.45) is 7.05 Å². The molecule has 26 heavy (non-hydrogen) atoms. The van der Waals surface area contributed by atoms with Gasteiger partial charge in [0.15, 0.2) is 0 Å². The van der Waals surface area contributed by atoms with Crippen LogP contribution >= 0.6 is 0 Å². The molecule has 0 aliphatic rings. The van der Waals surface area contributed by atoms with Gasteiger partial charge in [-0.1, -0.05) is 6.07 Å². The lowest BCUT2D eigenvalue weighted by Gasteiger charge is -2.10. The second-order valence-corrected chi connectivity index (χ2v) is 5.27. The van der Waals surface area contributed by atoms with Crippen LogP contribution in [-0.4, -0.2) is 32.3 Å². The summed E-state index contributed by atoms with van der Waals surface area (Å²) in [6, 6.07) is 11.4. The van der Waals surface area contributed by atoms with Gasteiger partial charge >= 0.3 is 5.69 Å². The molecule has 1 aromatic carbocycles. The van der Waals surface area contributed by atoms with Crippen molar-refractivity contribution in [2.45, 2.75) is 0 Å². The number of methoxy groups -OCH3 is 1. The number of anilines is 1. The first-order valence-corrected chi connectivity index (χ1v) is 7.58. The van der Waals surface area contributed by atoms with Crippen molar-refractivity contribution >= 4 is 11.7 Å². The molecule has 0 saturated heterocycles. The molecule has 0 saturated carbocycles. The standard InChI is InChI=1S/C17H15N5O4/c1-21-16(24)14(15(23)19-13-5-3-4-10-18-13)20-22(17(21)25)11-6-8-12(26-2)9-7-11/h3-10H,1-2H3,(H,18,19,23). The zero-order chi connectivity index (χ0) is 18.7. The first-order chi connectivity index (χ1) is 12.5. The number of nitrogens with zero attached hydrogens (tertiary/aromatic N) is 4. The molecule has 9 nitrogen and oxygen atoms in total. The Kier molecular flexibility index (Phi) is 4.61. The fourth-order valence-electron chi connectivity index (χ4n) is 2.22. The maximum atomic E-state index is 12.4. The van der Waals surface area contributed by atoms with Crippen LogP contribution in [0.15, 0.2) is 58.3 Å². The molecule has 0 aliphatic carbocycles. The lowest BCUT2D eigenvalue weighted by atomic mass is 10.3. The van der Waals surface area contributed by atoms with Crippen LogP contribution in [0.25, 0.3) is 5.69 Å².